The lowest BCUT2D eigenvalue weighted by molar-refractivity contribution is -0.137. The molecule has 0 bridgehead atoms. The maximum Gasteiger partial charge on any atom is 0.303 e. The lowest BCUT2D eigenvalue weighted by Crippen LogP contribution is -2.43. The number of rotatable bonds is 7. The van der Waals surface area contributed by atoms with Gasteiger partial charge in [0.2, 0.25) is 10.0 Å². The topological polar surface area (TPSA) is 83.9 Å². The number of carboxylic acids is 1. The van der Waals surface area contributed by atoms with Crippen LogP contribution in [-0.4, -0.2) is 43.5 Å². The summed E-state index contributed by atoms with van der Waals surface area (Å²) in [5.41, 5.74) is 0. The number of methoxy groups -OCH3 is 1. The molecule has 0 aliphatic carbocycles. The van der Waals surface area contributed by atoms with E-state index >= 15 is 0 Å². The summed E-state index contributed by atoms with van der Waals surface area (Å²) >= 11 is 0. The zero-order valence-corrected chi connectivity index (χ0v) is 14.1. The third-order valence-corrected chi connectivity index (χ3v) is 6.10. The first kappa shape index (κ1) is 17.7. The van der Waals surface area contributed by atoms with E-state index in [1.54, 1.807) is 18.2 Å². The molecule has 7 heteroatoms. The largest absolute Gasteiger partial charge is 0.497 e. The van der Waals surface area contributed by atoms with Gasteiger partial charge in [-0.25, -0.2) is 8.42 Å². The molecular formula is C16H23NO5S. The van der Waals surface area contributed by atoms with E-state index in [4.69, 9.17) is 9.84 Å². The number of ether oxygens (including phenoxy) is 1. The smallest absolute Gasteiger partial charge is 0.303 e. The second-order valence-electron chi connectivity index (χ2n) is 5.73. The van der Waals surface area contributed by atoms with E-state index in [1.165, 1.54) is 17.5 Å². The highest BCUT2D eigenvalue weighted by atomic mass is 32.2. The first-order valence-corrected chi connectivity index (χ1v) is 9.27. The van der Waals surface area contributed by atoms with Crippen LogP contribution in [0.25, 0.3) is 0 Å². The van der Waals surface area contributed by atoms with Crippen molar-refractivity contribution in [3.05, 3.63) is 24.3 Å². The summed E-state index contributed by atoms with van der Waals surface area (Å²) < 4.78 is 32.5. The Kier molecular flexibility index (Phi) is 6.01. The molecule has 1 atom stereocenters. The molecule has 1 fully saturated rings. The predicted molar refractivity (Wildman–Crippen MR) is 86.0 cm³/mol. The maximum atomic E-state index is 12.9. The summed E-state index contributed by atoms with van der Waals surface area (Å²) in [7, 11) is -2.09. The minimum Gasteiger partial charge on any atom is -0.497 e. The maximum absolute atomic E-state index is 12.9. The Balaban J connectivity index is 2.18. The SMILES string of the molecule is COc1cccc(S(=O)(=O)N2CCCCC2CCCC(=O)O)c1. The number of carboxylic acid groups (broad SMARTS) is 1. The lowest BCUT2D eigenvalue weighted by atomic mass is 10.00. The van der Waals surface area contributed by atoms with Crippen LogP contribution in [0.4, 0.5) is 0 Å². The van der Waals surface area contributed by atoms with E-state index < -0.39 is 16.0 Å². The van der Waals surface area contributed by atoms with Crippen LogP contribution in [0.15, 0.2) is 29.2 Å². The summed E-state index contributed by atoms with van der Waals surface area (Å²) in [4.78, 5) is 10.9. The number of hydrogen-bond acceptors (Lipinski definition) is 4. The van der Waals surface area contributed by atoms with Crippen LogP contribution in [0.5, 0.6) is 5.75 Å². The molecule has 23 heavy (non-hydrogen) atoms. The van der Waals surface area contributed by atoms with Gasteiger partial charge in [0.15, 0.2) is 0 Å². The summed E-state index contributed by atoms with van der Waals surface area (Å²) in [6, 6.07) is 6.34. The summed E-state index contributed by atoms with van der Waals surface area (Å²) in [6.45, 7) is 0.483. The normalized spacial score (nSPS) is 19.4. The van der Waals surface area contributed by atoms with Gasteiger partial charge in [-0.3, -0.25) is 4.79 Å². The van der Waals surface area contributed by atoms with Crippen LogP contribution in [-0.2, 0) is 14.8 Å². The molecule has 128 valence electrons. The van der Waals surface area contributed by atoms with Crippen molar-refractivity contribution in [2.75, 3.05) is 13.7 Å². The number of carbonyl (C=O) groups is 1. The zero-order chi connectivity index (χ0) is 16.9. The Morgan fingerprint density at radius 2 is 2.17 bits per heavy atom. The summed E-state index contributed by atoms with van der Waals surface area (Å²) in [5.74, 6) is -0.339. The standard InChI is InChI=1S/C16H23NO5S/c1-22-14-8-5-9-15(12-14)23(20,21)17-11-3-2-6-13(17)7-4-10-16(18)19/h5,8-9,12-13H,2-4,6-7,10-11H2,1H3,(H,18,19). The highest BCUT2D eigenvalue weighted by Gasteiger charge is 2.33. The van der Waals surface area contributed by atoms with Crippen LogP contribution < -0.4 is 4.74 Å². The van der Waals surface area contributed by atoms with E-state index in [0.717, 1.165) is 19.3 Å². The predicted octanol–water partition coefficient (Wildman–Crippen LogP) is 2.49. The molecule has 1 unspecified atom stereocenters. The van der Waals surface area contributed by atoms with Crippen molar-refractivity contribution >= 4 is 16.0 Å². The molecular weight excluding hydrogens is 318 g/mol. The van der Waals surface area contributed by atoms with Crippen molar-refractivity contribution in [2.24, 2.45) is 0 Å². The van der Waals surface area contributed by atoms with Gasteiger partial charge in [0, 0.05) is 25.1 Å². The average molecular weight is 341 g/mol. The number of benzene rings is 1. The molecule has 1 N–H and O–H groups in total. The van der Waals surface area contributed by atoms with Crippen molar-refractivity contribution in [1.29, 1.82) is 0 Å². The second-order valence-corrected chi connectivity index (χ2v) is 7.62. The zero-order valence-electron chi connectivity index (χ0n) is 13.3. The van der Waals surface area contributed by atoms with Crippen molar-refractivity contribution in [2.45, 2.75) is 49.5 Å². The van der Waals surface area contributed by atoms with Crippen LogP contribution >= 0.6 is 0 Å². The molecule has 0 radical (unpaired) electrons. The van der Waals surface area contributed by atoms with Crippen molar-refractivity contribution < 1.29 is 23.1 Å². The first-order chi connectivity index (χ1) is 10.9. The molecule has 1 aliphatic rings. The van der Waals surface area contributed by atoms with Crippen LogP contribution in [0, 0.1) is 0 Å². The summed E-state index contributed by atoms with van der Waals surface area (Å²) in [5, 5.41) is 8.76. The fraction of sp³-hybridized carbons (Fsp3) is 0.562. The van der Waals surface area contributed by atoms with Gasteiger partial charge in [0.1, 0.15) is 5.75 Å². The number of hydrogen-bond donors (Lipinski definition) is 1. The Morgan fingerprint density at radius 1 is 1.39 bits per heavy atom. The monoisotopic (exact) mass is 341 g/mol. The quantitative estimate of drug-likeness (QED) is 0.824. The van der Waals surface area contributed by atoms with Gasteiger partial charge in [0.25, 0.3) is 0 Å². The van der Waals surface area contributed by atoms with E-state index in [-0.39, 0.29) is 17.4 Å². The molecule has 0 amide bonds. The van der Waals surface area contributed by atoms with E-state index in [1.807, 2.05) is 0 Å². The Morgan fingerprint density at radius 3 is 2.87 bits per heavy atom. The highest BCUT2D eigenvalue weighted by molar-refractivity contribution is 7.89. The van der Waals surface area contributed by atoms with Crippen LogP contribution in [0.2, 0.25) is 0 Å². The van der Waals surface area contributed by atoms with E-state index in [0.29, 0.717) is 25.1 Å². The number of piperidine rings is 1. The molecule has 1 aromatic rings. The molecule has 6 nitrogen and oxygen atoms in total. The van der Waals surface area contributed by atoms with Gasteiger partial charge in [-0.05, 0) is 37.8 Å². The molecule has 2 rings (SSSR count). The number of aliphatic carboxylic acids is 1. The minimum atomic E-state index is -3.59. The van der Waals surface area contributed by atoms with Gasteiger partial charge < -0.3 is 9.84 Å². The molecule has 1 aliphatic heterocycles. The lowest BCUT2D eigenvalue weighted by Gasteiger charge is -2.34. The second kappa shape index (κ2) is 7.79. The number of sulfonamides is 1. The summed E-state index contributed by atoms with van der Waals surface area (Å²) in [6.07, 6.45) is 3.73. The van der Waals surface area contributed by atoms with Gasteiger partial charge >= 0.3 is 5.97 Å². The minimum absolute atomic E-state index is 0.0730. The first-order valence-electron chi connectivity index (χ1n) is 7.83. The number of nitrogens with zero attached hydrogens (tertiary/aromatic N) is 1. The fourth-order valence-corrected chi connectivity index (χ4v) is 4.72. The molecule has 1 aromatic carbocycles. The molecule has 1 heterocycles. The third-order valence-electron chi connectivity index (χ3n) is 4.15. The van der Waals surface area contributed by atoms with Crippen LogP contribution in [0.1, 0.15) is 38.5 Å². The molecule has 0 saturated carbocycles. The Labute approximate surface area is 137 Å². The third kappa shape index (κ3) is 4.45. The van der Waals surface area contributed by atoms with Crippen molar-refractivity contribution in [3.8, 4) is 5.75 Å². The average Bonchev–Trinajstić information content (AvgIpc) is 2.55. The molecule has 0 spiro atoms. The van der Waals surface area contributed by atoms with E-state index in [2.05, 4.69) is 0 Å². The van der Waals surface area contributed by atoms with Gasteiger partial charge in [0.05, 0.1) is 12.0 Å². The van der Waals surface area contributed by atoms with Crippen LogP contribution in [0.3, 0.4) is 0 Å². The van der Waals surface area contributed by atoms with Gasteiger partial charge in [-0.1, -0.05) is 12.5 Å². The molecule has 1 saturated heterocycles. The Bertz CT molecular complexity index is 644. The van der Waals surface area contributed by atoms with Gasteiger partial charge in [-0.15, -0.1) is 0 Å². The van der Waals surface area contributed by atoms with Crippen molar-refractivity contribution in [1.82, 2.24) is 4.31 Å². The van der Waals surface area contributed by atoms with Gasteiger partial charge in [-0.2, -0.15) is 4.31 Å². The Hall–Kier alpha value is -1.60. The van der Waals surface area contributed by atoms with Crippen molar-refractivity contribution in [3.63, 3.8) is 0 Å². The fourth-order valence-electron chi connectivity index (χ4n) is 2.96. The molecule has 0 aromatic heterocycles. The highest BCUT2D eigenvalue weighted by Crippen LogP contribution is 2.29. The van der Waals surface area contributed by atoms with E-state index in [9.17, 15) is 13.2 Å².